The summed E-state index contributed by atoms with van der Waals surface area (Å²) in [5.74, 6) is 0. The van der Waals surface area contributed by atoms with Crippen LogP contribution in [0.1, 0.15) is 0 Å². The van der Waals surface area contributed by atoms with E-state index < -0.39 is 9.05 Å². The van der Waals surface area contributed by atoms with Gasteiger partial charge in [-0.2, -0.15) is 0 Å². The predicted octanol–water partition coefficient (Wildman–Crippen LogP) is -2.61. The molecule has 0 aromatic heterocycles. The Labute approximate surface area is 56.1 Å². The minimum absolute atomic E-state index is 0. The molecule has 0 aliphatic carbocycles. The molecule has 34 valence electrons. The zero-order chi connectivity index (χ0) is 4.50. The van der Waals surface area contributed by atoms with Crippen molar-refractivity contribution in [2.24, 2.45) is 0 Å². The van der Waals surface area contributed by atoms with Crippen LogP contribution in [0, 0.1) is 0 Å². The first kappa shape index (κ1) is 10.1. The Balaban J connectivity index is 0. The van der Waals surface area contributed by atoms with Crippen molar-refractivity contribution in [1.29, 1.82) is 0 Å². The second-order valence-corrected chi connectivity index (χ2v) is 1.80. The molecular formula is H4HgO4Si. The molecule has 0 aromatic rings. The van der Waals surface area contributed by atoms with E-state index in [4.69, 9.17) is 19.2 Å². The standard InChI is InChI=1S/Hg.H4O4Si/c;1-5(2,3)4/h;1-4H. The largest absolute Gasteiger partial charge is 0.668 e. The molecule has 6 heteroatoms. The van der Waals surface area contributed by atoms with Gasteiger partial charge >= 0.3 is 9.05 Å². The van der Waals surface area contributed by atoms with Gasteiger partial charge in [0.2, 0.25) is 0 Å². The maximum absolute atomic E-state index is 7.33. The molecule has 0 aromatic carbocycles. The average Bonchev–Trinajstić information content (AvgIpc) is 0.722. The zero-order valence-corrected chi connectivity index (χ0v) is 9.49. The topological polar surface area (TPSA) is 80.9 Å². The van der Waals surface area contributed by atoms with Crippen LogP contribution in [-0.4, -0.2) is 28.2 Å². The van der Waals surface area contributed by atoms with E-state index in [9.17, 15) is 0 Å². The van der Waals surface area contributed by atoms with Gasteiger partial charge in [0.15, 0.2) is 0 Å². The van der Waals surface area contributed by atoms with Crippen molar-refractivity contribution in [3.05, 3.63) is 0 Å². The molecule has 0 fully saturated rings. The van der Waals surface area contributed by atoms with Crippen molar-refractivity contribution in [2.45, 2.75) is 0 Å². The molecule has 0 amide bonds. The molecule has 0 radical (unpaired) electrons. The van der Waals surface area contributed by atoms with Gasteiger partial charge in [0.05, 0.1) is 0 Å². The summed E-state index contributed by atoms with van der Waals surface area (Å²) in [6.45, 7) is 0. The molecular weight excluding hydrogens is 293 g/mol. The molecule has 6 heavy (non-hydrogen) atoms. The fraction of sp³-hybridized carbons (Fsp3) is 0. The van der Waals surface area contributed by atoms with Gasteiger partial charge in [-0.15, -0.1) is 0 Å². The van der Waals surface area contributed by atoms with E-state index >= 15 is 0 Å². The third-order valence-electron chi connectivity index (χ3n) is 0. The molecule has 4 nitrogen and oxygen atoms in total. The molecule has 0 aliphatic heterocycles. The van der Waals surface area contributed by atoms with Crippen LogP contribution in [0.2, 0.25) is 0 Å². The van der Waals surface area contributed by atoms with Gasteiger partial charge in [-0.1, -0.05) is 0 Å². The Morgan fingerprint density at radius 2 is 0.833 bits per heavy atom. The number of hydrogen-bond acceptors (Lipinski definition) is 4. The van der Waals surface area contributed by atoms with Crippen LogP contribution in [0.3, 0.4) is 0 Å². The smallest absolute Gasteiger partial charge is 0.368 e. The average molecular weight is 297 g/mol. The fourth-order valence-corrected chi connectivity index (χ4v) is 0. The second kappa shape index (κ2) is 3.05. The Hall–Kier alpha value is 0.992. The first-order valence-corrected chi connectivity index (χ1v) is 2.68. The van der Waals surface area contributed by atoms with Crippen LogP contribution in [-0.2, 0) is 27.7 Å². The third-order valence-corrected chi connectivity index (χ3v) is 0. The van der Waals surface area contributed by atoms with E-state index in [1.54, 1.807) is 0 Å². The van der Waals surface area contributed by atoms with E-state index in [2.05, 4.69) is 0 Å². The summed E-state index contributed by atoms with van der Waals surface area (Å²) < 4.78 is 0. The van der Waals surface area contributed by atoms with Crippen molar-refractivity contribution >= 4 is 9.05 Å². The quantitative estimate of drug-likeness (QED) is 0.369. The van der Waals surface area contributed by atoms with E-state index in [0.717, 1.165) is 0 Å². The zero-order valence-electron chi connectivity index (χ0n) is 3.00. The maximum atomic E-state index is 7.33. The summed E-state index contributed by atoms with van der Waals surface area (Å²) in [4.78, 5) is 29.3. The first-order valence-electron chi connectivity index (χ1n) is 0.894. The summed E-state index contributed by atoms with van der Waals surface area (Å²) in [6.07, 6.45) is 0. The summed E-state index contributed by atoms with van der Waals surface area (Å²) in [6, 6.07) is 0. The van der Waals surface area contributed by atoms with Crippen LogP contribution in [0.25, 0.3) is 0 Å². The van der Waals surface area contributed by atoms with Gasteiger partial charge in [-0.25, -0.2) is 0 Å². The van der Waals surface area contributed by atoms with Gasteiger partial charge < -0.3 is 19.2 Å². The third kappa shape index (κ3) is 80.8. The van der Waals surface area contributed by atoms with E-state index in [1.165, 1.54) is 0 Å². The van der Waals surface area contributed by atoms with E-state index in [1.807, 2.05) is 0 Å². The summed E-state index contributed by atoms with van der Waals surface area (Å²) in [7, 11) is -4.61. The van der Waals surface area contributed by atoms with Gasteiger partial charge in [0, 0.05) is 27.7 Å². The first-order chi connectivity index (χ1) is 2.00. The molecule has 0 unspecified atom stereocenters. The van der Waals surface area contributed by atoms with Crippen molar-refractivity contribution in [1.82, 2.24) is 0 Å². The number of rotatable bonds is 0. The van der Waals surface area contributed by atoms with E-state index in [0.29, 0.717) is 0 Å². The molecule has 0 aliphatic rings. The van der Waals surface area contributed by atoms with Crippen molar-refractivity contribution in [2.75, 3.05) is 0 Å². The minimum atomic E-state index is -4.61. The normalized spacial score (nSPS) is 10.0. The van der Waals surface area contributed by atoms with Gasteiger partial charge in [-0.05, 0) is 0 Å². The summed E-state index contributed by atoms with van der Waals surface area (Å²) in [5.41, 5.74) is 0. The van der Waals surface area contributed by atoms with Gasteiger partial charge in [0.1, 0.15) is 0 Å². The molecule has 0 saturated carbocycles. The van der Waals surface area contributed by atoms with Gasteiger partial charge in [0.25, 0.3) is 0 Å². The molecule has 0 atom stereocenters. The monoisotopic (exact) mass is 298 g/mol. The Kier molecular flexibility index (Phi) is 5.13. The second-order valence-electron chi connectivity index (χ2n) is 0.600. The summed E-state index contributed by atoms with van der Waals surface area (Å²) >= 11 is 0. The van der Waals surface area contributed by atoms with Crippen LogP contribution >= 0.6 is 0 Å². The van der Waals surface area contributed by atoms with Crippen LogP contribution in [0.5, 0.6) is 0 Å². The molecule has 0 spiro atoms. The van der Waals surface area contributed by atoms with Crippen molar-refractivity contribution in [3.63, 3.8) is 0 Å². The van der Waals surface area contributed by atoms with Crippen molar-refractivity contribution < 1.29 is 46.9 Å². The fourth-order valence-electron chi connectivity index (χ4n) is 0. The summed E-state index contributed by atoms with van der Waals surface area (Å²) in [5, 5.41) is 0. The molecule has 0 saturated heterocycles. The maximum Gasteiger partial charge on any atom is 0.668 e. The Morgan fingerprint density at radius 3 is 0.833 bits per heavy atom. The number of hydrogen-bond donors (Lipinski definition) is 4. The van der Waals surface area contributed by atoms with E-state index in [-0.39, 0.29) is 27.7 Å². The van der Waals surface area contributed by atoms with Crippen molar-refractivity contribution in [3.8, 4) is 0 Å². The molecule has 0 rings (SSSR count). The van der Waals surface area contributed by atoms with Crippen LogP contribution in [0.4, 0.5) is 0 Å². The molecule has 0 bridgehead atoms. The SMILES string of the molecule is O[Si](O)(O)O.[Hg]. The van der Waals surface area contributed by atoms with Crippen LogP contribution < -0.4 is 0 Å². The Bertz CT molecular complexity index is 23.0. The Morgan fingerprint density at radius 1 is 0.833 bits per heavy atom. The predicted molar refractivity (Wildman–Crippen MR) is 14.6 cm³/mol. The minimum Gasteiger partial charge on any atom is -0.368 e. The molecule has 0 heterocycles. The van der Waals surface area contributed by atoms with Crippen LogP contribution in [0.15, 0.2) is 0 Å². The molecule has 4 N–H and O–H groups in total. The van der Waals surface area contributed by atoms with Gasteiger partial charge in [-0.3, -0.25) is 0 Å².